The largest absolute Gasteiger partial charge is 0.458 e. The van der Waals surface area contributed by atoms with Crippen LogP contribution in [-0.4, -0.2) is 21.1 Å². The maximum Gasteiger partial charge on any atom is 0.329 e. The van der Waals surface area contributed by atoms with E-state index >= 15 is 0 Å². The van der Waals surface area contributed by atoms with E-state index in [1.807, 2.05) is 0 Å². The van der Waals surface area contributed by atoms with Crippen LogP contribution in [0.3, 0.4) is 0 Å². The van der Waals surface area contributed by atoms with Gasteiger partial charge in [0.05, 0.1) is 6.33 Å². The Kier molecular flexibility index (Phi) is 3.47. The average molecular weight is 264 g/mol. The molecule has 0 aliphatic heterocycles. The second-order valence-electron chi connectivity index (χ2n) is 6.05. The van der Waals surface area contributed by atoms with Crippen molar-refractivity contribution in [2.75, 3.05) is 0 Å². The molecule has 19 heavy (non-hydrogen) atoms. The first-order valence-corrected chi connectivity index (χ1v) is 6.58. The molecule has 5 nitrogen and oxygen atoms in total. The van der Waals surface area contributed by atoms with Gasteiger partial charge in [0.25, 0.3) is 5.56 Å². The van der Waals surface area contributed by atoms with Crippen LogP contribution in [0.5, 0.6) is 0 Å². The number of hydrogen-bond donors (Lipinski definition) is 0. The Balaban J connectivity index is 2.24. The van der Waals surface area contributed by atoms with Crippen molar-refractivity contribution in [1.82, 2.24) is 9.55 Å². The van der Waals surface area contributed by atoms with Gasteiger partial charge in [-0.15, -0.1) is 0 Å². The summed E-state index contributed by atoms with van der Waals surface area (Å²) in [7, 11) is 0. The average Bonchev–Trinajstić information content (AvgIpc) is 3.10. The number of carbonyl (C=O) groups excluding carboxylic acids is 1. The van der Waals surface area contributed by atoms with Crippen LogP contribution in [0.25, 0.3) is 0 Å². The van der Waals surface area contributed by atoms with E-state index in [0.717, 1.165) is 12.8 Å². The fourth-order valence-electron chi connectivity index (χ4n) is 1.89. The van der Waals surface area contributed by atoms with E-state index in [1.165, 1.54) is 10.9 Å². The van der Waals surface area contributed by atoms with Crippen molar-refractivity contribution >= 4 is 5.97 Å². The van der Waals surface area contributed by atoms with E-state index in [9.17, 15) is 9.59 Å². The van der Waals surface area contributed by atoms with Crippen molar-refractivity contribution in [1.29, 1.82) is 0 Å². The molecule has 0 N–H and O–H groups in total. The molecular formula is C14H20N2O3. The number of hydrogen-bond acceptors (Lipinski definition) is 4. The van der Waals surface area contributed by atoms with Crippen LogP contribution in [0.15, 0.2) is 17.3 Å². The highest BCUT2D eigenvalue weighted by Gasteiger charge is 2.29. The summed E-state index contributed by atoms with van der Waals surface area (Å²) in [6.07, 6.45) is 5.07. The monoisotopic (exact) mass is 264 g/mol. The minimum Gasteiger partial charge on any atom is -0.458 e. The third kappa shape index (κ3) is 3.22. The number of aromatic nitrogens is 2. The van der Waals surface area contributed by atoms with Gasteiger partial charge in [-0.25, -0.2) is 9.78 Å². The molecule has 1 aromatic heterocycles. The second-order valence-corrected chi connectivity index (χ2v) is 6.05. The molecule has 0 spiro atoms. The lowest BCUT2D eigenvalue weighted by Crippen LogP contribution is -2.34. The van der Waals surface area contributed by atoms with Crippen molar-refractivity contribution in [3.05, 3.63) is 28.4 Å². The van der Waals surface area contributed by atoms with E-state index in [2.05, 4.69) is 4.98 Å². The van der Waals surface area contributed by atoms with Gasteiger partial charge in [-0.2, -0.15) is 0 Å². The molecule has 1 fully saturated rings. The fourth-order valence-corrected chi connectivity index (χ4v) is 1.89. The van der Waals surface area contributed by atoms with Crippen LogP contribution in [0.1, 0.15) is 58.1 Å². The Hall–Kier alpha value is -1.65. The molecule has 0 saturated heterocycles. The van der Waals surface area contributed by atoms with E-state index in [4.69, 9.17) is 4.74 Å². The Morgan fingerprint density at radius 3 is 2.63 bits per heavy atom. The first-order chi connectivity index (χ1) is 8.79. The summed E-state index contributed by atoms with van der Waals surface area (Å²) in [6, 6.07) is -0.655. The minimum atomic E-state index is -0.655. The second kappa shape index (κ2) is 4.79. The highest BCUT2D eigenvalue weighted by atomic mass is 16.6. The van der Waals surface area contributed by atoms with E-state index in [1.54, 1.807) is 33.9 Å². The van der Waals surface area contributed by atoms with Crippen LogP contribution in [0, 0.1) is 0 Å². The molecule has 0 unspecified atom stereocenters. The molecule has 1 heterocycles. The molecule has 104 valence electrons. The van der Waals surface area contributed by atoms with Crippen molar-refractivity contribution in [2.24, 2.45) is 0 Å². The van der Waals surface area contributed by atoms with E-state index in [0.29, 0.717) is 11.5 Å². The topological polar surface area (TPSA) is 61.2 Å². The lowest BCUT2D eigenvalue weighted by atomic mass is 10.2. The molecule has 0 amide bonds. The van der Waals surface area contributed by atoms with E-state index in [-0.39, 0.29) is 5.56 Å². The molecule has 1 aliphatic carbocycles. The van der Waals surface area contributed by atoms with Crippen molar-refractivity contribution in [2.45, 2.75) is 58.1 Å². The molecule has 0 radical (unpaired) electrons. The number of nitrogens with zero attached hydrogens (tertiary/aromatic N) is 2. The molecular weight excluding hydrogens is 244 g/mol. The van der Waals surface area contributed by atoms with Crippen LogP contribution >= 0.6 is 0 Å². The summed E-state index contributed by atoms with van der Waals surface area (Å²) in [5.41, 5.74) is 0.0185. The lowest BCUT2D eigenvalue weighted by Gasteiger charge is -2.23. The zero-order valence-corrected chi connectivity index (χ0v) is 11.8. The predicted molar refractivity (Wildman–Crippen MR) is 71.0 cm³/mol. The maximum absolute atomic E-state index is 12.3. The maximum atomic E-state index is 12.3. The van der Waals surface area contributed by atoms with Crippen molar-refractivity contribution in [3.63, 3.8) is 0 Å². The SMILES string of the molecule is C[C@@H](C(=O)OC(C)(C)C)n1cncc(C2CC2)c1=O. The summed E-state index contributed by atoms with van der Waals surface area (Å²) in [5.74, 6) is -0.0948. The summed E-state index contributed by atoms with van der Waals surface area (Å²) in [5, 5.41) is 0. The van der Waals surface area contributed by atoms with Gasteiger partial charge in [0.2, 0.25) is 0 Å². The third-order valence-electron chi connectivity index (χ3n) is 3.07. The van der Waals surface area contributed by atoms with Gasteiger partial charge in [-0.1, -0.05) is 0 Å². The Bertz CT molecular complexity index is 538. The van der Waals surface area contributed by atoms with Crippen molar-refractivity contribution in [3.8, 4) is 0 Å². The first-order valence-electron chi connectivity index (χ1n) is 6.58. The first kappa shape index (κ1) is 13.8. The standard InChI is InChI=1S/C14H20N2O3/c1-9(13(18)19-14(2,3)4)16-8-15-7-11(12(16)17)10-5-6-10/h7-10H,5-6H2,1-4H3/t9-/m0/s1. The number of rotatable bonds is 3. The summed E-state index contributed by atoms with van der Waals surface area (Å²) >= 11 is 0. The molecule has 1 aliphatic rings. The van der Waals surface area contributed by atoms with Gasteiger partial charge in [-0.05, 0) is 46.5 Å². The Morgan fingerprint density at radius 1 is 1.47 bits per heavy atom. The van der Waals surface area contributed by atoms with Gasteiger partial charge < -0.3 is 4.74 Å². The lowest BCUT2D eigenvalue weighted by molar-refractivity contribution is -0.158. The fraction of sp³-hybridized carbons (Fsp3) is 0.643. The number of esters is 1. The highest BCUT2D eigenvalue weighted by Crippen LogP contribution is 2.37. The molecule has 1 saturated carbocycles. The van der Waals surface area contributed by atoms with Gasteiger partial charge in [-0.3, -0.25) is 9.36 Å². The molecule has 1 atom stereocenters. The smallest absolute Gasteiger partial charge is 0.329 e. The zero-order valence-electron chi connectivity index (χ0n) is 11.8. The zero-order chi connectivity index (χ0) is 14.2. The number of carbonyl (C=O) groups is 1. The number of ether oxygens (including phenoxy) is 1. The normalized spacial score (nSPS) is 17.1. The van der Waals surface area contributed by atoms with Crippen LogP contribution < -0.4 is 5.56 Å². The minimum absolute atomic E-state index is 0.129. The summed E-state index contributed by atoms with van der Waals surface area (Å²) in [4.78, 5) is 28.3. The predicted octanol–water partition coefficient (Wildman–Crippen LogP) is 2.02. The van der Waals surface area contributed by atoms with E-state index < -0.39 is 17.6 Å². The molecule has 5 heteroatoms. The van der Waals surface area contributed by atoms with Gasteiger partial charge in [0.1, 0.15) is 11.6 Å². The third-order valence-corrected chi connectivity index (χ3v) is 3.07. The Labute approximate surface area is 112 Å². The molecule has 2 rings (SSSR count). The van der Waals surface area contributed by atoms with Crippen LogP contribution in [-0.2, 0) is 9.53 Å². The van der Waals surface area contributed by atoms with Gasteiger partial charge >= 0.3 is 5.97 Å². The van der Waals surface area contributed by atoms with Crippen LogP contribution in [0.2, 0.25) is 0 Å². The van der Waals surface area contributed by atoms with Crippen molar-refractivity contribution < 1.29 is 9.53 Å². The summed E-state index contributed by atoms with van der Waals surface area (Å²) in [6.45, 7) is 7.08. The highest BCUT2D eigenvalue weighted by molar-refractivity contribution is 5.74. The molecule has 0 aromatic carbocycles. The van der Waals surface area contributed by atoms with Gasteiger partial charge in [0.15, 0.2) is 0 Å². The summed E-state index contributed by atoms with van der Waals surface area (Å²) < 4.78 is 6.66. The molecule has 1 aromatic rings. The Morgan fingerprint density at radius 2 is 2.11 bits per heavy atom. The van der Waals surface area contributed by atoms with Gasteiger partial charge in [0, 0.05) is 11.8 Å². The van der Waals surface area contributed by atoms with Crippen LogP contribution in [0.4, 0.5) is 0 Å². The quantitative estimate of drug-likeness (QED) is 0.784. The molecule has 0 bridgehead atoms.